The van der Waals surface area contributed by atoms with Crippen molar-refractivity contribution in [3.63, 3.8) is 0 Å². The average Bonchev–Trinajstić information content (AvgIpc) is 2.52. The number of hydrogen-bond donors (Lipinski definition) is 1. The van der Waals surface area contributed by atoms with Gasteiger partial charge in [-0.1, -0.05) is 26.2 Å². The maximum atomic E-state index is 6.06. The molecule has 74 valence electrons. The van der Waals surface area contributed by atoms with E-state index in [0.29, 0.717) is 0 Å². The summed E-state index contributed by atoms with van der Waals surface area (Å²) in [7, 11) is 0. The molecule has 0 bridgehead atoms. The fourth-order valence-electron chi connectivity index (χ4n) is 1.41. The molecule has 1 atom stereocenters. The van der Waals surface area contributed by atoms with Gasteiger partial charge in [-0.05, 0) is 25.5 Å². The van der Waals surface area contributed by atoms with Crippen molar-refractivity contribution in [2.45, 2.75) is 45.6 Å². The van der Waals surface area contributed by atoms with Crippen LogP contribution in [0.1, 0.15) is 48.4 Å². The van der Waals surface area contributed by atoms with Gasteiger partial charge in [0.1, 0.15) is 0 Å². The zero-order chi connectivity index (χ0) is 9.68. The summed E-state index contributed by atoms with van der Waals surface area (Å²) in [4.78, 5) is 2.70. The highest BCUT2D eigenvalue weighted by molar-refractivity contribution is 7.12. The Balaban J connectivity index is 2.35. The van der Waals surface area contributed by atoms with Crippen molar-refractivity contribution >= 4 is 11.3 Å². The third-order valence-corrected chi connectivity index (χ3v) is 3.38. The van der Waals surface area contributed by atoms with E-state index in [0.717, 1.165) is 6.42 Å². The van der Waals surface area contributed by atoms with E-state index in [1.54, 1.807) is 0 Å². The molecule has 1 rings (SSSR count). The van der Waals surface area contributed by atoms with E-state index in [-0.39, 0.29) is 6.04 Å². The lowest BCUT2D eigenvalue weighted by Crippen LogP contribution is -2.07. The topological polar surface area (TPSA) is 26.0 Å². The van der Waals surface area contributed by atoms with Crippen LogP contribution in [0.15, 0.2) is 12.1 Å². The molecule has 0 saturated carbocycles. The molecule has 0 aromatic carbocycles. The molecule has 13 heavy (non-hydrogen) atoms. The molecular weight excluding hydrogens is 178 g/mol. The minimum Gasteiger partial charge on any atom is -0.323 e. The maximum absolute atomic E-state index is 6.06. The molecule has 2 N–H and O–H groups in total. The molecule has 0 unspecified atom stereocenters. The lowest BCUT2D eigenvalue weighted by molar-refractivity contribution is 0.587. The molecule has 1 heterocycles. The predicted molar refractivity (Wildman–Crippen MR) is 60.1 cm³/mol. The van der Waals surface area contributed by atoms with Gasteiger partial charge in [0.2, 0.25) is 0 Å². The number of rotatable bonds is 5. The molecular formula is C11H19NS. The summed E-state index contributed by atoms with van der Waals surface area (Å²) in [5.41, 5.74) is 6.06. The van der Waals surface area contributed by atoms with E-state index in [9.17, 15) is 0 Å². The summed E-state index contributed by atoms with van der Waals surface area (Å²) >= 11 is 1.83. The van der Waals surface area contributed by atoms with Gasteiger partial charge < -0.3 is 5.73 Å². The Bertz CT molecular complexity index is 242. The highest BCUT2D eigenvalue weighted by Gasteiger charge is 2.06. The Morgan fingerprint density at radius 2 is 2.15 bits per heavy atom. The van der Waals surface area contributed by atoms with Crippen LogP contribution in [0.4, 0.5) is 0 Å². The smallest absolute Gasteiger partial charge is 0.0389 e. The number of aryl methyl sites for hydroxylation is 1. The van der Waals surface area contributed by atoms with Crippen molar-refractivity contribution in [3.05, 3.63) is 21.9 Å². The van der Waals surface area contributed by atoms with Crippen molar-refractivity contribution in [2.75, 3.05) is 0 Å². The number of unbranched alkanes of at least 4 members (excludes halogenated alkanes) is 2. The predicted octanol–water partition coefficient (Wildman–Crippen LogP) is 3.64. The zero-order valence-electron chi connectivity index (χ0n) is 8.55. The van der Waals surface area contributed by atoms with Gasteiger partial charge in [0.25, 0.3) is 0 Å². The molecule has 0 spiro atoms. The Labute approximate surface area is 85.0 Å². The Hall–Kier alpha value is -0.340. The van der Waals surface area contributed by atoms with E-state index in [4.69, 9.17) is 5.73 Å². The van der Waals surface area contributed by atoms with Crippen LogP contribution in [-0.2, 0) is 0 Å². The first kappa shape index (κ1) is 10.7. The second kappa shape index (κ2) is 5.40. The van der Waals surface area contributed by atoms with Crippen molar-refractivity contribution in [2.24, 2.45) is 5.73 Å². The van der Waals surface area contributed by atoms with Crippen LogP contribution < -0.4 is 5.73 Å². The van der Waals surface area contributed by atoms with Gasteiger partial charge in [0, 0.05) is 15.8 Å². The molecule has 0 radical (unpaired) electrons. The second-order valence-electron chi connectivity index (χ2n) is 3.55. The van der Waals surface area contributed by atoms with Crippen molar-refractivity contribution in [3.8, 4) is 0 Å². The van der Waals surface area contributed by atoms with E-state index >= 15 is 0 Å². The van der Waals surface area contributed by atoms with Crippen molar-refractivity contribution in [1.82, 2.24) is 0 Å². The van der Waals surface area contributed by atoms with Crippen molar-refractivity contribution in [1.29, 1.82) is 0 Å². The lowest BCUT2D eigenvalue weighted by atomic mass is 10.1. The van der Waals surface area contributed by atoms with Crippen LogP contribution in [0.3, 0.4) is 0 Å². The Morgan fingerprint density at radius 1 is 1.38 bits per heavy atom. The standard InChI is InChI=1S/C11H19NS/c1-3-4-5-6-10(12)11-8-7-9(2)13-11/h7-8,10H,3-6,12H2,1-2H3/t10-/m1/s1. The lowest BCUT2D eigenvalue weighted by Gasteiger charge is -2.08. The van der Waals surface area contributed by atoms with Crippen molar-refractivity contribution < 1.29 is 0 Å². The van der Waals surface area contributed by atoms with Crippen LogP contribution in [0.5, 0.6) is 0 Å². The highest BCUT2D eigenvalue weighted by Crippen LogP contribution is 2.24. The third kappa shape index (κ3) is 3.49. The van der Waals surface area contributed by atoms with Gasteiger partial charge in [0.05, 0.1) is 0 Å². The number of hydrogen-bond acceptors (Lipinski definition) is 2. The molecule has 0 aliphatic rings. The highest BCUT2D eigenvalue weighted by atomic mass is 32.1. The van der Waals surface area contributed by atoms with Gasteiger partial charge in [-0.3, -0.25) is 0 Å². The van der Waals surface area contributed by atoms with E-state index in [1.807, 2.05) is 11.3 Å². The summed E-state index contributed by atoms with van der Waals surface area (Å²) in [6.45, 7) is 4.35. The van der Waals surface area contributed by atoms with Gasteiger partial charge in [0.15, 0.2) is 0 Å². The quantitative estimate of drug-likeness (QED) is 0.717. The molecule has 0 amide bonds. The monoisotopic (exact) mass is 197 g/mol. The van der Waals surface area contributed by atoms with Gasteiger partial charge in [-0.2, -0.15) is 0 Å². The first-order chi connectivity index (χ1) is 6.24. The van der Waals surface area contributed by atoms with Gasteiger partial charge in [-0.25, -0.2) is 0 Å². The molecule has 1 nitrogen and oxygen atoms in total. The van der Waals surface area contributed by atoms with Crippen LogP contribution in [0.2, 0.25) is 0 Å². The largest absolute Gasteiger partial charge is 0.323 e. The molecule has 1 aromatic heterocycles. The van der Waals surface area contributed by atoms with Crippen LogP contribution in [-0.4, -0.2) is 0 Å². The zero-order valence-corrected chi connectivity index (χ0v) is 9.36. The minimum atomic E-state index is 0.269. The summed E-state index contributed by atoms with van der Waals surface area (Å²) in [5, 5.41) is 0. The normalized spacial score (nSPS) is 13.2. The molecule has 2 heteroatoms. The first-order valence-electron chi connectivity index (χ1n) is 5.06. The Kier molecular flexibility index (Phi) is 4.46. The second-order valence-corrected chi connectivity index (χ2v) is 4.87. The summed E-state index contributed by atoms with van der Waals surface area (Å²) in [5.74, 6) is 0. The summed E-state index contributed by atoms with van der Waals surface area (Å²) < 4.78 is 0. The fourth-order valence-corrected chi connectivity index (χ4v) is 2.32. The summed E-state index contributed by atoms with van der Waals surface area (Å²) in [6, 6.07) is 4.58. The van der Waals surface area contributed by atoms with Crippen LogP contribution in [0, 0.1) is 6.92 Å². The molecule has 0 aliphatic carbocycles. The molecule has 0 saturated heterocycles. The molecule has 0 fully saturated rings. The minimum absolute atomic E-state index is 0.269. The number of thiophene rings is 1. The van der Waals surface area contributed by atoms with E-state index in [2.05, 4.69) is 26.0 Å². The third-order valence-electron chi connectivity index (χ3n) is 2.25. The molecule has 1 aromatic rings. The van der Waals surface area contributed by atoms with Gasteiger partial charge in [-0.15, -0.1) is 11.3 Å². The average molecular weight is 197 g/mol. The number of nitrogens with two attached hydrogens (primary N) is 1. The van der Waals surface area contributed by atoms with Crippen LogP contribution >= 0.6 is 11.3 Å². The SMILES string of the molecule is CCCCC[C@@H](N)c1ccc(C)s1. The first-order valence-corrected chi connectivity index (χ1v) is 5.87. The molecule has 0 aliphatic heterocycles. The maximum Gasteiger partial charge on any atom is 0.0389 e. The Morgan fingerprint density at radius 3 is 2.69 bits per heavy atom. The van der Waals surface area contributed by atoms with Gasteiger partial charge >= 0.3 is 0 Å². The van der Waals surface area contributed by atoms with E-state index in [1.165, 1.54) is 29.0 Å². The van der Waals surface area contributed by atoms with E-state index < -0.39 is 0 Å². The van der Waals surface area contributed by atoms with Crippen LogP contribution in [0.25, 0.3) is 0 Å². The fraction of sp³-hybridized carbons (Fsp3) is 0.636. The summed E-state index contributed by atoms with van der Waals surface area (Å²) in [6.07, 6.45) is 4.97.